The Balaban J connectivity index is 2.96. The summed E-state index contributed by atoms with van der Waals surface area (Å²) in [6.45, 7) is 1.58. The van der Waals surface area contributed by atoms with Crippen molar-refractivity contribution in [3.63, 3.8) is 0 Å². The number of anilines is 1. The van der Waals surface area contributed by atoms with Crippen molar-refractivity contribution in [3.8, 4) is 0 Å². The van der Waals surface area contributed by atoms with Gasteiger partial charge in [-0.3, -0.25) is 4.79 Å². The van der Waals surface area contributed by atoms with E-state index in [2.05, 4.69) is 4.74 Å². The zero-order valence-corrected chi connectivity index (χ0v) is 10.2. The third-order valence-electron chi connectivity index (χ3n) is 2.67. The van der Waals surface area contributed by atoms with E-state index in [9.17, 15) is 19.4 Å². The summed E-state index contributed by atoms with van der Waals surface area (Å²) in [5, 5.41) is 19.5. The highest BCUT2D eigenvalue weighted by atomic mass is 19.1. The number of aryl methyl sites for hydroxylation is 1. The van der Waals surface area contributed by atoms with Crippen LogP contribution in [0.15, 0.2) is 12.1 Å². The number of esters is 1. The van der Waals surface area contributed by atoms with Gasteiger partial charge in [0.1, 0.15) is 11.9 Å². The van der Waals surface area contributed by atoms with Crippen molar-refractivity contribution in [1.29, 1.82) is 0 Å². The SMILES string of the molecule is COC(=O)CC(O)C(O)c1cc(F)cc(C)c1N. The monoisotopic (exact) mass is 257 g/mol. The lowest BCUT2D eigenvalue weighted by Crippen LogP contribution is -2.23. The van der Waals surface area contributed by atoms with E-state index >= 15 is 0 Å². The number of aliphatic hydroxyl groups is 2. The van der Waals surface area contributed by atoms with Crippen LogP contribution in [0.3, 0.4) is 0 Å². The zero-order chi connectivity index (χ0) is 13.9. The van der Waals surface area contributed by atoms with Crippen LogP contribution in [0, 0.1) is 12.7 Å². The molecule has 0 bridgehead atoms. The van der Waals surface area contributed by atoms with Gasteiger partial charge in [0.15, 0.2) is 0 Å². The maximum absolute atomic E-state index is 13.2. The molecule has 0 radical (unpaired) electrons. The summed E-state index contributed by atoms with van der Waals surface area (Å²) in [6.07, 6.45) is -3.24. The molecule has 0 saturated carbocycles. The molecule has 0 aliphatic heterocycles. The van der Waals surface area contributed by atoms with Crippen LogP contribution < -0.4 is 5.73 Å². The molecule has 0 aliphatic rings. The van der Waals surface area contributed by atoms with E-state index in [4.69, 9.17) is 5.73 Å². The molecule has 0 heterocycles. The molecule has 18 heavy (non-hydrogen) atoms. The number of methoxy groups -OCH3 is 1. The van der Waals surface area contributed by atoms with Gasteiger partial charge >= 0.3 is 5.97 Å². The molecule has 100 valence electrons. The molecule has 1 rings (SSSR count). The highest BCUT2D eigenvalue weighted by Crippen LogP contribution is 2.28. The zero-order valence-electron chi connectivity index (χ0n) is 10.2. The van der Waals surface area contributed by atoms with Crippen LogP contribution >= 0.6 is 0 Å². The number of benzene rings is 1. The molecule has 0 saturated heterocycles. The summed E-state index contributed by atoms with van der Waals surface area (Å²) < 4.78 is 17.6. The number of hydrogen-bond acceptors (Lipinski definition) is 5. The van der Waals surface area contributed by atoms with E-state index in [0.29, 0.717) is 5.56 Å². The number of nitrogens with two attached hydrogens (primary N) is 1. The highest BCUT2D eigenvalue weighted by molar-refractivity contribution is 5.70. The summed E-state index contributed by atoms with van der Waals surface area (Å²) in [5.74, 6) is -1.24. The summed E-state index contributed by atoms with van der Waals surface area (Å²) in [4.78, 5) is 11.0. The lowest BCUT2D eigenvalue weighted by molar-refractivity contribution is -0.144. The fourth-order valence-electron chi connectivity index (χ4n) is 1.60. The van der Waals surface area contributed by atoms with Gasteiger partial charge in [0.2, 0.25) is 0 Å². The fraction of sp³-hybridized carbons (Fsp3) is 0.417. The number of rotatable bonds is 4. The summed E-state index contributed by atoms with van der Waals surface area (Å²) in [7, 11) is 1.17. The number of carbonyl (C=O) groups excluding carboxylic acids is 1. The molecule has 0 aliphatic carbocycles. The summed E-state index contributed by atoms with van der Waals surface area (Å²) in [5.41, 5.74) is 6.40. The van der Waals surface area contributed by atoms with Gasteiger partial charge in [-0.2, -0.15) is 0 Å². The van der Waals surface area contributed by atoms with Crippen LogP contribution in [0.5, 0.6) is 0 Å². The van der Waals surface area contributed by atoms with Gasteiger partial charge in [0, 0.05) is 11.3 Å². The van der Waals surface area contributed by atoms with Gasteiger partial charge in [-0.05, 0) is 24.6 Å². The van der Waals surface area contributed by atoms with E-state index in [1.165, 1.54) is 13.2 Å². The van der Waals surface area contributed by atoms with Crippen molar-refractivity contribution in [2.45, 2.75) is 25.6 Å². The molecule has 0 amide bonds. The maximum Gasteiger partial charge on any atom is 0.308 e. The Bertz CT molecular complexity index is 450. The smallest absolute Gasteiger partial charge is 0.308 e. The normalized spacial score (nSPS) is 14.1. The Morgan fingerprint density at radius 1 is 1.50 bits per heavy atom. The van der Waals surface area contributed by atoms with E-state index in [0.717, 1.165) is 6.07 Å². The average molecular weight is 257 g/mol. The van der Waals surface area contributed by atoms with Crippen LogP contribution in [0.4, 0.5) is 10.1 Å². The van der Waals surface area contributed by atoms with Crippen LogP contribution in [-0.2, 0) is 9.53 Å². The van der Waals surface area contributed by atoms with Crippen molar-refractivity contribution >= 4 is 11.7 Å². The molecule has 2 unspecified atom stereocenters. The maximum atomic E-state index is 13.2. The quantitative estimate of drug-likeness (QED) is 0.544. The van der Waals surface area contributed by atoms with Gasteiger partial charge in [-0.25, -0.2) is 4.39 Å². The Morgan fingerprint density at radius 2 is 2.11 bits per heavy atom. The van der Waals surface area contributed by atoms with E-state index < -0.39 is 30.4 Å². The topological polar surface area (TPSA) is 92.8 Å². The molecule has 1 aromatic rings. The first-order valence-corrected chi connectivity index (χ1v) is 5.35. The third kappa shape index (κ3) is 3.18. The molecule has 4 N–H and O–H groups in total. The second-order valence-corrected chi connectivity index (χ2v) is 4.02. The van der Waals surface area contributed by atoms with Crippen LogP contribution in [0.2, 0.25) is 0 Å². The number of carbonyl (C=O) groups is 1. The van der Waals surface area contributed by atoms with Crippen LogP contribution in [-0.4, -0.2) is 29.4 Å². The fourth-order valence-corrected chi connectivity index (χ4v) is 1.60. The van der Waals surface area contributed by atoms with Crippen molar-refractivity contribution in [3.05, 3.63) is 29.1 Å². The first-order chi connectivity index (χ1) is 8.36. The van der Waals surface area contributed by atoms with Crippen molar-refractivity contribution in [2.75, 3.05) is 12.8 Å². The van der Waals surface area contributed by atoms with Gasteiger partial charge in [-0.15, -0.1) is 0 Å². The predicted octanol–water partition coefficient (Wildman–Crippen LogP) is 0.674. The molecule has 6 heteroatoms. The molecular weight excluding hydrogens is 241 g/mol. The summed E-state index contributed by atoms with van der Waals surface area (Å²) >= 11 is 0. The van der Waals surface area contributed by atoms with Crippen molar-refractivity contribution in [1.82, 2.24) is 0 Å². The molecule has 2 atom stereocenters. The number of halogens is 1. The van der Waals surface area contributed by atoms with Crippen molar-refractivity contribution in [2.24, 2.45) is 0 Å². The average Bonchev–Trinajstić information content (AvgIpc) is 2.32. The Labute approximate surface area is 104 Å². The molecule has 0 aromatic heterocycles. The number of nitrogen functional groups attached to an aromatic ring is 1. The number of aliphatic hydroxyl groups excluding tert-OH is 2. The van der Waals surface area contributed by atoms with Gasteiger partial charge in [0.05, 0.1) is 19.6 Å². The van der Waals surface area contributed by atoms with Crippen LogP contribution in [0.1, 0.15) is 23.7 Å². The second kappa shape index (κ2) is 5.79. The minimum absolute atomic E-state index is 0.0592. The first kappa shape index (κ1) is 14.4. The standard InChI is InChI=1S/C12H16FNO4/c1-6-3-7(13)4-8(11(6)14)12(17)9(15)5-10(16)18-2/h3-4,9,12,15,17H,5,14H2,1-2H3. The first-order valence-electron chi connectivity index (χ1n) is 5.35. The minimum Gasteiger partial charge on any atom is -0.469 e. The molecule has 0 fully saturated rings. The largest absolute Gasteiger partial charge is 0.469 e. The third-order valence-corrected chi connectivity index (χ3v) is 2.67. The molecular formula is C12H16FNO4. The van der Waals surface area contributed by atoms with Gasteiger partial charge in [-0.1, -0.05) is 0 Å². The number of ether oxygens (including phenoxy) is 1. The molecule has 5 nitrogen and oxygen atoms in total. The lowest BCUT2D eigenvalue weighted by Gasteiger charge is -2.19. The predicted molar refractivity (Wildman–Crippen MR) is 63.1 cm³/mol. The van der Waals surface area contributed by atoms with E-state index in [-0.39, 0.29) is 11.3 Å². The Morgan fingerprint density at radius 3 is 2.67 bits per heavy atom. The Kier molecular flexibility index (Phi) is 4.63. The van der Waals surface area contributed by atoms with Gasteiger partial charge < -0.3 is 20.7 Å². The summed E-state index contributed by atoms with van der Waals surface area (Å²) in [6, 6.07) is 2.26. The Hall–Kier alpha value is -1.66. The van der Waals surface area contributed by atoms with E-state index in [1.54, 1.807) is 6.92 Å². The lowest BCUT2D eigenvalue weighted by atomic mass is 9.98. The van der Waals surface area contributed by atoms with Crippen LogP contribution in [0.25, 0.3) is 0 Å². The van der Waals surface area contributed by atoms with Gasteiger partial charge in [0.25, 0.3) is 0 Å². The number of hydrogen-bond donors (Lipinski definition) is 3. The highest BCUT2D eigenvalue weighted by Gasteiger charge is 2.24. The van der Waals surface area contributed by atoms with Crippen molar-refractivity contribution < 1.29 is 24.1 Å². The second-order valence-electron chi connectivity index (χ2n) is 4.02. The van der Waals surface area contributed by atoms with E-state index in [1.807, 2.05) is 0 Å². The molecule has 1 aromatic carbocycles. The minimum atomic E-state index is -1.45. The molecule has 0 spiro atoms.